The predicted molar refractivity (Wildman–Crippen MR) is 75.5 cm³/mol. The van der Waals surface area contributed by atoms with E-state index in [4.69, 9.17) is 0 Å². The summed E-state index contributed by atoms with van der Waals surface area (Å²) in [6.07, 6.45) is 12.4. The zero-order valence-corrected chi connectivity index (χ0v) is 11.9. The molecule has 1 atom stereocenters. The minimum absolute atomic E-state index is 0.436. The SMILES string of the molecule is CCNC(CCC1CCCC1)c1nccn1CC. The summed E-state index contributed by atoms with van der Waals surface area (Å²) >= 11 is 0. The number of imidazole rings is 1. The van der Waals surface area contributed by atoms with Gasteiger partial charge in [-0.3, -0.25) is 0 Å². The highest BCUT2D eigenvalue weighted by molar-refractivity contribution is 4.99. The second-order valence-electron chi connectivity index (χ2n) is 5.41. The molecule has 1 N–H and O–H groups in total. The lowest BCUT2D eigenvalue weighted by molar-refractivity contribution is 0.397. The number of aryl methyl sites for hydroxylation is 1. The quantitative estimate of drug-likeness (QED) is 0.801. The Morgan fingerprint density at radius 2 is 2.17 bits per heavy atom. The molecule has 18 heavy (non-hydrogen) atoms. The van der Waals surface area contributed by atoms with Crippen LogP contribution in [-0.4, -0.2) is 16.1 Å². The van der Waals surface area contributed by atoms with Gasteiger partial charge in [0.15, 0.2) is 0 Å². The summed E-state index contributed by atoms with van der Waals surface area (Å²) in [4.78, 5) is 4.55. The predicted octanol–water partition coefficient (Wildman–Crippen LogP) is 3.52. The molecule has 1 saturated carbocycles. The van der Waals surface area contributed by atoms with Crippen LogP contribution in [0.25, 0.3) is 0 Å². The monoisotopic (exact) mass is 249 g/mol. The Balaban J connectivity index is 1.94. The normalized spacial score (nSPS) is 18.3. The number of aromatic nitrogens is 2. The van der Waals surface area contributed by atoms with Crippen molar-refractivity contribution in [3.05, 3.63) is 18.2 Å². The maximum atomic E-state index is 4.55. The molecule has 1 aromatic rings. The Morgan fingerprint density at radius 3 is 2.83 bits per heavy atom. The first kappa shape index (κ1) is 13.6. The Hall–Kier alpha value is -0.830. The van der Waals surface area contributed by atoms with Crippen molar-refractivity contribution in [1.82, 2.24) is 14.9 Å². The smallest absolute Gasteiger partial charge is 0.125 e. The molecule has 0 bridgehead atoms. The molecule has 3 nitrogen and oxygen atoms in total. The van der Waals surface area contributed by atoms with Crippen LogP contribution in [0.2, 0.25) is 0 Å². The van der Waals surface area contributed by atoms with Crippen LogP contribution < -0.4 is 5.32 Å². The fourth-order valence-corrected chi connectivity index (χ4v) is 3.17. The molecule has 2 rings (SSSR count). The largest absolute Gasteiger partial charge is 0.334 e. The Bertz CT molecular complexity index is 339. The average Bonchev–Trinajstić information content (AvgIpc) is 3.04. The van der Waals surface area contributed by atoms with E-state index < -0.39 is 0 Å². The zero-order chi connectivity index (χ0) is 12.8. The van der Waals surface area contributed by atoms with E-state index in [1.807, 2.05) is 6.20 Å². The van der Waals surface area contributed by atoms with Crippen molar-refractivity contribution >= 4 is 0 Å². The molecule has 1 unspecified atom stereocenters. The fourth-order valence-electron chi connectivity index (χ4n) is 3.17. The summed E-state index contributed by atoms with van der Waals surface area (Å²) in [5.41, 5.74) is 0. The minimum Gasteiger partial charge on any atom is -0.334 e. The molecule has 1 heterocycles. The van der Waals surface area contributed by atoms with Crippen LogP contribution >= 0.6 is 0 Å². The molecule has 1 aliphatic rings. The van der Waals surface area contributed by atoms with Crippen molar-refractivity contribution in [2.24, 2.45) is 5.92 Å². The standard InChI is InChI=1S/C15H27N3/c1-3-16-14(10-9-13-7-5-6-8-13)15-17-11-12-18(15)4-2/h11-14,16H,3-10H2,1-2H3. The Labute approximate surface area is 111 Å². The third-order valence-corrected chi connectivity index (χ3v) is 4.19. The number of nitrogens with one attached hydrogen (secondary N) is 1. The van der Waals surface area contributed by atoms with Crippen LogP contribution in [0.1, 0.15) is 64.2 Å². The molecular weight excluding hydrogens is 222 g/mol. The molecule has 0 aromatic carbocycles. The third-order valence-electron chi connectivity index (χ3n) is 4.19. The number of hydrogen-bond acceptors (Lipinski definition) is 2. The molecule has 1 aromatic heterocycles. The Morgan fingerprint density at radius 1 is 1.39 bits per heavy atom. The first-order valence-corrected chi connectivity index (χ1v) is 7.59. The summed E-state index contributed by atoms with van der Waals surface area (Å²) < 4.78 is 2.27. The number of hydrogen-bond donors (Lipinski definition) is 1. The van der Waals surface area contributed by atoms with Gasteiger partial charge in [0, 0.05) is 18.9 Å². The van der Waals surface area contributed by atoms with Gasteiger partial charge in [-0.25, -0.2) is 4.98 Å². The van der Waals surface area contributed by atoms with Crippen molar-refractivity contribution in [3.63, 3.8) is 0 Å². The van der Waals surface area contributed by atoms with Gasteiger partial charge in [0.25, 0.3) is 0 Å². The van der Waals surface area contributed by atoms with Gasteiger partial charge in [-0.15, -0.1) is 0 Å². The molecule has 1 fully saturated rings. The van der Waals surface area contributed by atoms with E-state index in [1.54, 1.807) is 0 Å². The maximum Gasteiger partial charge on any atom is 0.125 e. The molecule has 0 amide bonds. The van der Waals surface area contributed by atoms with Crippen LogP contribution in [0, 0.1) is 5.92 Å². The third kappa shape index (κ3) is 3.35. The first-order valence-electron chi connectivity index (χ1n) is 7.59. The molecule has 0 aliphatic heterocycles. The van der Waals surface area contributed by atoms with E-state index in [-0.39, 0.29) is 0 Å². The number of nitrogens with zero attached hydrogens (tertiary/aromatic N) is 2. The topological polar surface area (TPSA) is 29.9 Å². The van der Waals surface area contributed by atoms with Gasteiger partial charge in [-0.05, 0) is 32.2 Å². The van der Waals surface area contributed by atoms with Crippen LogP contribution in [-0.2, 0) is 6.54 Å². The molecule has 1 aliphatic carbocycles. The number of rotatable bonds is 7. The highest BCUT2D eigenvalue weighted by Gasteiger charge is 2.20. The minimum atomic E-state index is 0.436. The van der Waals surface area contributed by atoms with Gasteiger partial charge in [-0.2, -0.15) is 0 Å². The molecule has 3 heteroatoms. The van der Waals surface area contributed by atoms with Crippen LogP contribution in [0.15, 0.2) is 12.4 Å². The highest BCUT2D eigenvalue weighted by Crippen LogP contribution is 2.31. The van der Waals surface area contributed by atoms with Crippen LogP contribution in [0.3, 0.4) is 0 Å². The summed E-state index contributed by atoms with van der Waals surface area (Å²) in [6, 6.07) is 0.436. The fraction of sp³-hybridized carbons (Fsp3) is 0.800. The lowest BCUT2D eigenvalue weighted by Gasteiger charge is -2.20. The molecule has 0 saturated heterocycles. The second-order valence-corrected chi connectivity index (χ2v) is 5.41. The Kier molecular flexibility index (Phi) is 5.24. The summed E-state index contributed by atoms with van der Waals surface area (Å²) in [7, 11) is 0. The second kappa shape index (κ2) is 6.93. The van der Waals surface area contributed by atoms with Gasteiger partial charge < -0.3 is 9.88 Å². The summed E-state index contributed by atoms with van der Waals surface area (Å²) in [5, 5.41) is 3.60. The van der Waals surface area contributed by atoms with E-state index in [0.29, 0.717) is 6.04 Å². The van der Waals surface area contributed by atoms with Crippen molar-refractivity contribution < 1.29 is 0 Å². The van der Waals surface area contributed by atoms with E-state index in [9.17, 15) is 0 Å². The highest BCUT2D eigenvalue weighted by atomic mass is 15.1. The van der Waals surface area contributed by atoms with Crippen molar-refractivity contribution in [3.8, 4) is 0 Å². The summed E-state index contributed by atoms with van der Waals surface area (Å²) in [6.45, 7) is 6.40. The van der Waals surface area contributed by atoms with E-state index in [1.165, 1.54) is 44.3 Å². The first-order chi connectivity index (χ1) is 8.85. The molecule has 0 radical (unpaired) electrons. The molecular formula is C15H27N3. The molecule has 0 spiro atoms. The lowest BCUT2D eigenvalue weighted by atomic mass is 9.98. The van der Waals surface area contributed by atoms with Gasteiger partial charge >= 0.3 is 0 Å². The van der Waals surface area contributed by atoms with Crippen molar-refractivity contribution in [2.75, 3.05) is 6.54 Å². The van der Waals surface area contributed by atoms with E-state index in [0.717, 1.165) is 19.0 Å². The maximum absolute atomic E-state index is 4.55. The van der Waals surface area contributed by atoms with Crippen molar-refractivity contribution in [1.29, 1.82) is 0 Å². The zero-order valence-electron chi connectivity index (χ0n) is 11.9. The van der Waals surface area contributed by atoms with E-state index >= 15 is 0 Å². The van der Waals surface area contributed by atoms with E-state index in [2.05, 4.69) is 34.9 Å². The van der Waals surface area contributed by atoms with Gasteiger partial charge in [0.2, 0.25) is 0 Å². The van der Waals surface area contributed by atoms with Crippen LogP contribution in [0.5, 0.6) is 0 Å². The van der Waals surface area contributed by atoms with Crippen LogP contribution in [0.4, 0.5) is 0 Å². The summed E-state index contributed by atoms with van der Waals surface area (Å²) in [5.74, 6) is 2.19. The van der Waals surface area contributed by atoms with Crippen molar-refractivity contribution in [2.45, 2.75) is 65.0 Å². The molecule has 102 valence electrons. The lowest BCUT2D eigenvalue weighted by Crippen LogP contribution is -2.24. The average molecular weight is 249 g/mol. The van der Waals surface area contributed by atoms with Gasteiger partial charge in [0.05, 0.1) is 6.04 Å². The van der Waals surface area contributed by atoms with Gasteiger partial charge in [-0.1, -0.05) is 32.6 Å². The van der Waals surface area contributed by atoms with Gasteiger partial charge in [0.1, 0.15) is 5.82 Å².